The second-order valence-corrected chi connectivity index (χ2v) is 9.68. The summed E-state index contributed by atoms with van der Waals surface area (Å²) >= 11 is 0. The molecule has 1 aromatic heterocycles. The fourth-order valence-electron chi connectivity index (χ4n) is 5.74. The fraction of sp³-hybridized carbons (Fsp3) is 0.773. The average molecular weight is 470 g/mol. The standard InChI is InChI=1S/C22H30F3N5O3/c1-14(31)27-6-2-15(3-7-27)4-8-28-18(22(23,24)25)5-9-29-20(32)11-19(26-21(28)29)30-12-17-10-16(30)13-33-17/h11,15-18H,2-10,12-13H2,1H3/t16-,17-,18-/m0/s1. The molecule has 0 N–H and O–H groups in total. The zero-order chi connectivity index (χ0) is 23.3. The lowest BCUT2D eigenvalue weighted by atomic mass is 9.93. The molecular formula is C22H30F3N5O3. The number of anilines is 2. The average Bonchev–Trinajstić information content (AvgIpc) is 3.41. The minimum absolute atomic E-state index is 0.00822. The number of morpholine rings is 1. The molecule has 33 heavy (non-hydrogen) atoms. The summed E-state index contributed by atoms with van der Waals surface area (Å²) in [7, 11) is 0. The first-order valence-electron chi connectivity index (χ1n) is 11.8. The van der Waals surface area contributed by atoms with Crippen LogP contribution in [0.1, 0.15) is 39.0 Å². The normalized spacial score (nSPS) is 27.9. The quantitative estimate of drug-likeness (QED) is 0.672. The topological polar surface area (TPSA) is 70.9 Å². The van der Waals surface area contributed by atoms with E-state index in [9.17, 15) is 22.8 Å². The summed E-state index contributed by atoms with van der Waals surface area (Å²) in [6, 6.07) is -0.0875. The molecule has 2 bridgehead atoms. The number of likely N-dealkylation sites (tertiary alicyclic amines) is 1. The Bertz CT molecular complexity index is 960. The number of hydrogen-bond acceptors (Lipinski definition) is 6. The van der Waals surface area contributed by atoms with E-state index in [0.717, 1.165) is 19.3 Å². The van der Waals surface area contributed by atoms with Crippen LogP contribution in [0, 0.1) is 5.92 Å². The van der Waals surface area contributed by atoms with Crippen molar-refractivity contribution in [3.63, 3.8) is 0 Å². The van der Waals surface area contributed by atoms with Gasteiger partial charge in [0.15, 0.2) is 0 Å². The van der Waals surface area contributed by atoms with E-state index in [1.807, 2.05) is 4.90 Å². The van der Waals surface area contributed by atoms with Gasteiger partial charge < -0.3 is 19.4 Å². The Labute approximate surface area is 190 Å². The van der Waals surface area contributed by atoms with Gasteiger partial charge in [-0.25, -0.2) is 0 Å². The number of piperidine rings is 1. The van der Waals surface area contributed by atoms with Gasteiger partial charge in [-0.1, -0.05) is 0 Å². The highest BCUT2D eigenvalue weighted by Gasteiger charge is 2.47. The Morgan fingerprint density at radius 2 is 1.97 bits per heavy atom. The zero-order valence-corrected chi connectivity index (χ0v) is 18.8. The van der Waals surface area contributed by atoms with Crippen molar-refractivity contribution in [2.24, 2.45) is 5.92 Å². The summed E-state index contributed by atoms with van der Waals surface area (Å²) in [4.78, 5) is 34.2. The molecule has 0 unspecified atom stereocenters. The number of hydrogen-bond donors (Lipinski definition) is 0. The van der Waals surface area contributed by atoms with Crippen LogP contribution >= 0.6 is 0 Å². The predicted molar refractivity (Wildman–Crippen MR) is 115 cm³/mol. The first-order valence-corrected chi connectivity index (χ1v) is 11.8. The van der Waals surface area contributed by atoms with Crippen molar-refractivity contribution in [3.05, 3.63) is 16.4 Å². The molecule has 1 aromatic rings. The fourth-order valence-corrected chi connectivity index (χ4v) is 5.74. The second-order valence-electron chi connectivity index (χ2n) is 9.68. The summed E-state index contributed by atoms with van der Waals surface area (Å²) in [5.74, 6) is 0.847. The van der Waals surface area contributed by atoms with Crippen molar-refractivity contribution >= 4 is 17.7 Å². The monoisotopic (exact) mass is 469 g/mol. The lowest BCUT2D eigenvalue weighted by Crippen LogP contribution is -2.53. The van der Waals surface area contributed by atoms with Crippen molar-refractivity contribution in [3.8, 4) is 0 Å². The summed E-state index contributed by atoms with van der Waals surface area (Å²) < 4.78 is 49.0. The number of amides is 1. The number of halogens is 3. The Balaban J connectivity index is 1.39. The Morgan fingerprint density at radius 1 is 1.21 bits per heavy atom. The number of ether oxygens (including phenoxy) is 1. The second kappa shape index (κ2) is 8.48. The molecule has 0 spiro atoms. The SMILES string of the molecule is CC(=O)N1CCC(CCN2c3nc(N4C[C@@H]5C[C@H]4CO5)cc(=O)n3CC[C@H]2C(F)(F)F)CC1. The number of fused-ring (bicyclic) bond motifs is 3. The van der Waals surface area contributed by atoms with Crippen LogP contribution in [0.5, 0.6) is 0 Å². The van der Waals surface area contributed by atoms with Crippen LogP contribution in [0.25, 0.3) is 0 Å². The molecule has 1 amide bonds. The van der Waals surface area contributed by atoms with Crippen molar-refractivity contribution in [1.29, 1.82) is 0 Å². The molecule has 3 atom stereocenters. The molecule has 3 saturated heterocycles. The Hall–Kier alpha value is -2.30. The first kappa shape index (κ1) is 22.5. The van der Waals surface area contributed by atoms with Crippen molar-refractivity contribution in [2.75, 3.05) is 42.6 Å². The van der Waals surface area contributed by atoms with E-state index in [4.69, 9.17) is 4.74 Å². The number of carbonyl (C=O) groups excluding carboxylic acids is 1. The minimum atomic E-state index is -4.41. The lowest BCUT2D eigenvalue weighted by Gasteiger charge is -2.41. The van der Waals surface area contributed by atoms with Gasteiger partial charge in [0, 0.05) is 45.7 Å². The third-order valence-corrected chi connectivity index (χ3v) is 7.64. The van der Waals surface area contributed by atoms with Crippen LogP contribution in [0.4, 0.5) is 24.9 Å². The molecule has 5 heterocycles. The number of alkyl halides is 3. The van der Waals surface area contributed by atoms with Gasteiger partial charge in [-0.15, -0.1) is 0 Å². The molecule has 3 fully saturated rings. The molecule has 5 rings (SSSR count). The first-order chi connectivity index (χ1) is 15.7. The molecule has 0 aromatic carbocycles. The number of nitrogens with zero attached hydrogens (tertiary/aromatic N) is 5. The molecular weight excluding hydrogens is 439 g/mol. The zero-order valence-electron chi connectivity index (χ0n) is 18.8. The van der Waals surface area contributed by atoms with Crippen molar-refractivity contribution in [1.82, 2.24) is 14.5 Å². The van der Waals surface area contributed by atoms with Gasteiger partial charge in [-0.05, 0) is 38.0 Å². The maximum absolute atomic E-state index is 14.0. The maximum atomic E-state index is 14.0. The van der Waals surface area contributed by atoms with Gasteiger partial charge in [0.1, 0.15) is 11.9 Å². The molecule has 4 aliphatic rings. The minimum Gasteiger partial charge on any atom is -0.374 e. The third-order valence-electron chi connectivity index (χ3n) is 7.64. The van der Waals surface area contributed by atoms with E-state index in [1.165, 1.54) is 22.5 Å². The van der Waals surface area contributed by atoms with E-state index in [-0.39, 0.29) is 55.0 Å². The van der Waals surface area contributed by atoms with E-state index >= 15 is 0 Å². The van der Waals surface area contributed by atoms with Gasteiger partial charge in [-0.3, -0.25) is 14.2 Å². The molecule has 182 valence electrons. The predicted octanol–water partition coefficient (Wildman–Crippen LogP) is 2.01. The van der Waals surface area contributed by atoms with Gasteiger partial charge >= 0.3 is 6.18 Å². The van der Waals surface area contributed by atoms with Crippen LogP contribution < -0.4 is 15.4 Å². The summed E-state index contributed by atoms with van der Waals surface area (Å²) in [5, 5.41) is 0. The summed E-state index contributed by atoms with van der Waals surface area (Å²) in [5.41, 5.74) is -0.306. The smallest absolute Gasteiger partial charge is 0.374 e. The largest absolute Gasteiger partial charge is 0.408 e. The van der Waals surface area contributed by atoms with Gasteiger partial charge in [0.2, 0.25) is 11.9 Å². The Kier molecular flexibility index (Phi) is 5.78. The van der Waals surface area contributed by atoms with E-state index in [2.05, 4.69) is 4.98 Å². The van der Waals surface area contributed by atoms with E-state index in [1.54, 1.807) is 4.90 Å². The number of aromatic nitrogens is 2. The van der Waals surface area contributed by atoms with Crippen LogP contribution in [0.2, 0.25) is 0 Å². The molecule has 4 aliphatic heterocycles. The van der Waals surface area contributed by atoms with Gasteiger partial charge in [-0.2, -0.15) is 18.2 Å². The molecule has 0 saturated carbocycles. The summed E-state index contributed by atoms with van der Waals surface area (Å²) in [6.07, 6.45) is -1.49. The Morgan fingerprint density at radius 3 is 2.58 bits per heavy atom. The number of carbonyl (C=O) groups is 1. The lowest BCUT2D eigenvalue weighted by molar-refractivity contribution is -0.152. The van der Waals surface area contributed by atoms with Crippen molar-refractivity contribution < 1.29 is 22.7 Å². The van der Waals surface area contributed by atoms with E-state index in [0.29, 0.717) is 38.5 Å². The van der Waals surface area contributed by atoms with Crippen molar-refractivity contribution in [2.45, 2.75) is 69.9 Å². The van der Waals surface area contributed by atoms with Crippen LogP contribution in [0.15, 0.2) is 10.9 Å². The molecule has 0 radical (unpaired) electrons. The highest BCUT2D eigenvalue weighted by Crippen LogP contribution is 2.37. The third kappa shape index (κ3) is 4.31. The van der Waals surface area contributed by atoms with Crippen LogP contribution in [-0.2, 0) is 16.1 Å². The molecule has 8 nitrogen and oxygen atoms in total. The van der Waals surface area contributed by atoms with Gasteiger partial charge in [0.25, 0.3) is 5.56 Å². The maximum Gasteiger partial charge on any atom is 0.408 e. The molecule has 11 heteroatoms. The highest BCUT2D eigenvalue weighted by molar-refractivity contribution is 5.73. The number of rotatable bonds is 4. The highest BCUT2D eigenvalue weighted by atomic mass is 19.4. The van der Waals surface area contributed by atoms with Crippen LogP contribution in [-0.4, -0.2) is 77.5 Å². The summed E-state index contributed by atoms with van der Waals surface area (Å²) in [6.45, 7) is 4.17. The van der Waals surface area contributed by atoms with E-state index < -0.39 is 12.2 Å². The van der Waals surface area contributed by atoms with Gasteiger partial charge in [0.05, 0.1) is 18.8 Å². The van der Waals surface area contributed by atoms with Crippen LogP contribution in [0.3, 0.4) is 0 Å². The molecule has 0 aliphatic carbocycles.